The number of anilines is 1. The molecule has 2 aliphatic heterocycles. The number of halogens is 3. The minimum atomic E-state index is -0.259. The minimum Gasteiger partial charge on any atom is -0.307 e. The van der Waals surface area contributed by atoms with E-state index in [9.17, 15) is 13.6 Å². The maximum atomic E-state index is 13.9. The standard InChI is InChI=1S/C34H30ClF2N3OS/c1-23-4-5-24(19-30(23)37)3-2-16-39-17-13-34(14-18-39)22-40(33(41)25-12-15-38-32(35)20-25)31-11-10-28(21-29(31)34)42-27-8-6-26(36)7-9-27/h2-12,15,19-21H,13-14,16-18,22H2,1H3/b3-2+. The highest BCUT2D eigenvalue weighted by molar-refractivity contribution is 7.99. The highest BCUT2D eigenvalue weighted by Crippen LogP contribution is 2.49. The first kappa shape index (κ1) is 28.6. The van der Waals surface area contributed by atoms with Gasteiger partial charge in [0.15, 0.2) is 0 Å². The molecule has 214 valence electrons. The Balaban J connectivity index is 1.23. The molecule has 6 rings (SSSR count). The first-order valence-corrected chi connectivity index (χ1v) is 15.2. The number of hydrogen-bond donors (Lipinski definition) is 0. The number of nitrogens with zero attached hydrogens (tertiary/aromatic N) is 3. The summed E-state index contributed by atoms with van der Waals surface area (Å²) in [6.07, 6.45) is 7.42. The smallest absolute Gasteiger partial charge is 0.258 e. The van der Waals surface area contributed by atoms with Gasteiger partial charge in [-0.15, -0.1) is 0 Å². The van der Waals surface area contributed by atoms with Gasteiger partial charge in [-0.05, 0) is 110 Å². The number of carbonyl (C=O) groups excluding carboxylic acids is 1. The van der Waals surface area contributed by atoms with Crippen molar-refractivity contribution >= 4 is 41.0 Å². The third-order valence-electron chi connectivity index (χ3n) is 8.24. The average molecular weight is 602 g/mol. The maximum absolute atomic E-state index is 13.9. The van der Waals surface area contributed by atoms with Crippen molar-refractivity contribution in [1.82, 2.24) is 9.88 Å². The van der Waals surface area contributed by atoms with Crippen molar-refractivity contribution in [2.24, 2.45) is 0 Å². The molecular formula is C34H30ClF2N3OS. The summed E-state index contributed by atoms with van der Waals surface area (Å²) >= 11 is 7.71. The lowest BCUT2D eigenvalue weighted by Gasteiger charge is -2.39. The van der Waals surface area contributed by atoms with Gasteiger partial charge in [-0.25, -0.2) is 13.8 Å². The van der Waals surface area contributed by atoms with Crippen molar-refractivity contribution in [1.29, 1.82) is 0 Å². The van der Waals surface area contributed by atoms with Crippen LogP contribution in [0.2, 0.25) is 5.15 Å². The fourth-order valence-electron chi connectivity index (χ4n) is 5.86. The number of rotatable bonds is 6. The number of aromatic nitrogens is 1. The molecule has 4 aromatic rings. The van der Waals surface area contributed by atoms with Gasteiger partial charge in [0.25, 0.3) is 5.91 Å². The summed E-state index contributed by atoms with van der Waals surface area (Å²) < 4.78 is 27.4. The second-order valence-electron chi connectivity index (χ2n) is 11.0. The van der Waals surface area contributed by atoms with Crippen LogP contribution in [0.5, 0.6) is 0 Å². The Bertz CT molecular complexity index is 1650. The number of hydrogen-bond acceptors (Lipinski definition) is 4. The second kappa shape index (κ2) is 12.0. The third-order valence-corrected chi connectivity index (χ3v) is 9.45. The largest absolute Gasteiger partial charge is 0.307 e. The summed E-state index contributed by atoms with van der Waals surface area (Å²) in [5.41, 5.74) is 3.93. The number of likely N-dealkylation sites (tertiary alicyclic amines) is 1. The number of carbonyl (C=O) groups is 1. The predicted molar refractivity (Wildman–Crippen MR) is 165 cm³/mol. The summed E-state index contributed by atoms with van der Waals surface area (Å²) in [4.78, 5) is 24.1. The Morgan fingerprint density at radius 3 is 2.50 bits per heavy atom. The van der Waals surface area contributed by atoms with Crippen LogP contribution in [0.4, 0.5) is 14.5 Å². The predicted octanol–water partition coefficient (Wildman–Crippen LogP) is 8.18. The molecule has 1 spiro atoms. The van der Waals surface area contributed by atoms with Gasteiger partial charge in [0.2, 0.25) is 0 Å². The fourth-order valence-corrected chi connectivity index (χ4v) is 6.90. The second-order valence-corrected chi connectivity index (χ2v) is 12.5. The Morgan fingerprint density at radius 2 is 1.76 bits per heavy atom. The molecule has 0 radical (unpaired) electrons. The van der Waals surface area contributed by atoms with E-state index >= 15 is 0 Å². The molecule has 0 aliphatic carbocycles. The molecule has 1 fully saturated rings. The highest BCUT2D eigenvalue weighted by atomic mass is 35.5. The van der Waals surface area contributed by atoms with Gasteiger partial charge < -0.3 is 4.90 Å². The van der Waals surface area contributed by atoms with Crippen LogP contribution in [0.25, 0.3) is 6.08 Å². The maximum Gasteiger partial charge on any atom is 0.258 e. The van der Waals surface area contributed by atoms with Crippen molar-refractivity contribution in [3.8, 4) is 0 Å². The van der Waals surface area contributed by atoms with E-state index in [2.05, 4.69) is 22.0 Å². The Kier molecular flexibility index (Phi) is 8.17. The molecule has 0 unspecified atom stereocenters. The number of fused-ring (bicyclic) bond motifs is 2. The van der Waals surface area contributed by atoms with Crippen LogP contribution in [0.1, 0.15) is 39.9 Å². The summed E-state index contributed by atoms with van der Waals surface area (Å²) in [6.45, 7) is 4.89. The molecular weight excluding hydrogens is 572 g/mol. The zero-order valence-corrected chi connectivity index (χ0v) is 24.8. The summed E-state index contributed by atoms with van der Waals surface area (Å²) in [5.74, 6) is -0.542. The monoisotopic (exact) mass is 601 g/mol. The van der Waals surface area contributed by atoms with Crippen LogP contribution >= 0.6 is 23.4 Å². The SMILES string of the molecule is Cc1ccc(/C=C/CN2CCC3(CC2)CN(C(=O)c2ccnc(Cl)c2)c2ccc(Sc4ccc(F)cc4)cc23)cc1F. The lowest BCUT2D eigenvalue weighted by atomic mass is 9.74. The highest BCUT2D eigenvalue weighted by Gasteiger charge is 2.46. The average Bonchev–Trinajstić information content (AvgIpc) is 3.30. The molecule has 2 aliphatic rings. The van der Waals surface area contributed by atoms with Gasteiger partial charge in [-0.1, -0.05) is 47.6 Å². The molecule has 1 amide bonds. The van der Waals surface area contributed by atoms with Crippen LogP contribution in [0.15, 0.2) is 94.9 Å². The first-order chi connectivity index (χ1) is 20.3. The molecule has 0 atom stereocenters. The lowest BCUT2D eigenvalue weighted by Crippen LogP contribution is -2.46. The van der Waals surface area contributed by atoms with E-state index in [0.717, 1.165) is 53.5 Å². The quantitative estimate of drug-likeness (QED) is 0.209. The van der Waals surface area contributed by atoms with Crippen LogP contribution < -0.4 is 4.90 Å². The summed E-state index contributed by atoms with van der Waals surface area (Å²) in [5, 5.41) is 0.288. The lowest BCUT2D eigenvalue weighted by molar-refractivity contribution is 0.0977. The zero-order valence-electron chi connectivity index (χ0n) is 23.2. The van der Waals surface area contributed by atoms with Crippen LogP contribution in [0, 0.1) is 18.6 Å². The van der Waals surface area contributed by atoms with E-state index in [1.54, 1.807) is 61.3 Å². The molecule has 3 aromatic carbocycles. The van der Waals surface area contributed by atoms with Crippen LogP contribution in [-0.4, -0.2) is 42.0 Å². The van der Waals surface area contributed by atoms with Crippen LogP contribution in [0.3, 0.4) is 0 Å². The third kappa shape index (κ3) is 6.00. The number of benzene rings is 3. The fraction of sp³-hybridized carbons (Fsp3) is 0.235. The number of pyridine rings is 1. The molecule has 1 aromatic heterocycles. The Labute approximate surface area is 254 Å². The van der Waals surface area contributed by atoms with Gasteiger partial charge in [0, 0.05) is 45.7 Å². The van der Waals surface area contributed by atoms with E-state index in [4.69, 9.17) is 11.6 Å². The van der Waals surface area contributed by atoms with E-state index in [1.165, 1.54) is 17.7 Å². The molecule has 42 heavy (non-hydrogen) atoms. The number of piperidine rings is 1. The molecule has 1 saturated heterocycles. The van der Waals surface area contributed by atoms with Crippen molar-refractivity contribution in [2.75, 3.05) is 31.1 Å². The van der Waals surface area contributed by atoms with Crippen molar-refractivity contribution in [3.05, 3.63) is 124 Å². The Hall–Kier alpha value is -3.52. The van der Waals surface area contributed by atoms with E-state index in [0.29, 0.717) is 17.7 Å². The molecule has 0 saturated carbocycles. The molecule has 3 heterocycles. The molecule has 4 nitrogen and oxygen atoms in total. The number of amides is 1. The number of aryl methyl sites for hydroxylation is 1. The van der Waals surface area contributed by atoms with Crippen molar-refractivity contribution in [3.63, 3.8) is 0 Å². The summed E-state index contributed by atoms with van der Waals surface area (Å²) in [6, 6.07) is 21.4. The summed E-state index contributed by atoms with van der Waals surface area (Å²) in [7, 11) is 0. The Morgan fingerprint density at radius 1 is 1.00 bits per heavy atom. The zero-order chi connectivity index (χ0) is 29.3. The first-order valence-electron chi connectivity index (χ1n) is 14.0. The van der Waals surface area contributed by atoms with Crippen LogP contribution in [-0.2, 0) is 5.41 Å². The van der Waals surface area contributed by atoms with Gasteiger partial charge >= 0.3 is 0 Å². The molecule has 0 bridgehead atoms. The van der Waals surface area contributed by atoms with E-state index in [-0.39, 0.29) is 28.1 Å². The van der Waals surface area contributed by atoms with Crippen molar-refractivity contribution in [2.45, 2.75) is 35.0 Å². The van der Waals surface area contributed by atoms with E-state index < -0.39 is 0 Å². The van der Waals surface area contributed by atoms with Gasteiger partial charge in [-0.3, -0.25) is 9.69 Å². The van der Waals surface area contributed by atoms with Crippen molar-refractivity contribution < 1.29 is 13.6 Å². The van der Waals surface area contributed by atoms with E-state index in [1.807, 2.05) is 29.2 Å². The normalized spacial score (nSPS) is 16.3. The minimum absolute atomic E-state index is 0.0907. The van der Waals surface area contributed by atoms with Gasteiger partial charge in [0.05, 0.1) is 0 Å². The topological polar surface area (TPSA) is 36.4 Å². The van der Waals surface area contributed by atoms with Gasteiger partial charge in [-0.2, -0.15) is 0 Å². The van der Waals surface area contributed by atoms with Gasteiger partial charge in [0.1, 0.15) is 16.8 Å². The molecule has 0 N–H and O–H groups in total. The molecule has 8 heteroatoms.